The fourth-order valence-corrected chi connectivity index (χ4v) is 1.83. The largest absolute Gasteiger partial charge is 0.480 e. The van der Waals surface area contributed by atoms with Gasteiger partial charge in [-0.05, 0) is 6.92 Å². The third-order valence-electron chi connectivity index (χ3n) is 1.93. The number of hydrogen-bond donors (Lipinski definition) is 3. The van der Waals surface area contributed by atoms with Crippen molar-refractivity contribution in [1.29, 1.82) is 0 Å². The van der Waals surface area contributed by atoms with Crippen molar-refractivity contribution in [2.75, 3.05) is 0 Å². The number of fused-ring (bicyclic) bond motifs is 1. The van der Waals surface area contributed by atoms with Gasteiger partial charge in [0.1, 0.15) is 10.6 Å². The molecule has 7 nitrogen and oxygen atoms in total. The van der Waals surface area contributed by atoms with Gasteiger partial charge in [-0.1, -0.05) is 11.8 Å². The Hall–Kier alpha value is -1.83. The van der Waals surface area contributed by atoms with Gasteiger partial charge in [0.25, 0.3) is 5.56 Å². The molecule has 2 aromatic rings. The van der Waals surface area contributed by atoms with Gasteiger partial charge in [-0.25, -0.2) is 4.98 Å². The summed E-state index contributed by atoms with van der Waals surface area (Å²) in [4.78, 5) is 28.7. The molecule has 0 aliphatic rings. The third-order valence-corrected chi connectivity index (χ3v) is 2.91. The zero-order valence-corrected chi connectivity index (χ0v) is 9.04. The van der Waals surface area contributed by atoms with E-state index in [2.05, 4.69) is 20.2 Å². The molecule has 2 aromatic heterocycles. The summed E-state index contributed by atoms with van der Waals surface area (Å²) in [6.45, 7) is 1.52. The van der Waals surface area contributed by atoms with Gasteiger partial charge in [-0.3, -0.25) is 14.7 Å². The lowest BCUT2D eigenvalue weighted by Gasteiger charge is -2.03. The first kappa shape index (κ1) is 10.7. The lowest BCUT2D eigenvalue weighted by molar-refractivity contribution is -0.136. The summed E-state index contributed by atoms with van der Waals surface area (Å²) in [5.74, 6) is -0.961. The van der Waals surface area contributed by atoms with Crippen LogP contribution in [0.4, 0.5) is 0 Å². The predicted octanol–water partition coefficient (Wildman–Crippen LogP) is 0.211. The standard InChI is InChI=1S/C8H8N4O3S/c1-3(7(14)15)16-8-10-5-4(2-9-12-5)6(13)11-8/h2-3H,1H3,(H,14,15)(H2,9,10,11,12,13). The highest BCUT2D eigenvalue weighted by Gasteiger charge is 2.15. The average molecular weight is 240 g/mol. The van der Waals surface area contributed by atoms with Crippen LogP contribution in [0.1, 0.15) is 6.92 Å². The number of carboxylic acid groups (broad SMARTS) is 1. The molecule has 3 N–H and O–H groups in total. The molecular weight excluding hydrogens is 232 g/mol. The van der Waals surface area contributed by atoms with E-state index >= 15 is 0 Å². The SMILES string of the molecule is CC(Sc1nc2[nH]ncc2c(=O)[nH]1)C(=O)O. The molecular formula is C8H8N4O3S. The first-order valence-corrected chi connectivity index (χ1v) is 5.29. The third kappa shape index (κ3) is 1.91. The maximum Gasteiger partial charge on any atom is 0.316 e. The topological polar surface area (TPSA) is 112 Å². The molecule has 16 heavy (non-hydrogen) atoms. The van der Waals surface area contributed by atoms with E-state index in [0.717, 1.165) is 11.8 Å². The molecule has 0 aromatic carbocycles. The number of aromatic nitrogens is 4. The van der Waals surface area contributed by atoms with E-state index in [1.807, 2.05) is 0 Å². The Kier molecular flexibility index (Phi) is 2.65. The minimum absolute atomic E-state index is 0.261. The Balaban J connectivity index is 2.39. The van der Waals surface area contributed by atoms with Crippen molar-refractivity contribution in [3.05, 3.63) is 16.6 Å². The van der Waals surface area contributed by atoms with Gasteiger partial charge < -0.3 is 10.1 Å². The van der Waals surface area contributed by atoms with Gasteiger partial charge in [0.05, 0.1) is 6.20 Å². The molecule has 2 heterocycles. The quantitative estimate of drug-likeness (QED) is 0.522. The summed E-state index contributed by atoms with van der Waals surface area (Å²) in [6, 6.07) is 0. The molecule has 0 saturated heterocycles. The molecule has 1 atom stereocenters. The molecule has 2 rings (SSSR count). The second-order valence-corrected chi connectivity index (χ2v) is 4.43. The van der Waals surface area contributed by atoms with Gasteiger partial charge in [-0.15, -0.1) is 0 Å². The van der Waals surface area contributed by atoms with Gasteiger partial charge >= 0.3 is 5.97 Å². The van der Waals surface area contributed by atoms with Crippen LogP contribution in [0, 0.1) is 0 Å². The number of thioether (sulfide) groups is 1. The van der Waals surface area contributed by atoms with Crippen LogP contribution < -0.4 is 5.56 Å². The van der Waals surface area contributed by atoms with Gasteiger partial charge in [-0.2, -0.15) is 5.10 Å². The molecule has 0 fully saturated rings. The first-order chi connectivity index (χ1) is 7.58. The second-order valence-electron chi connectivity index (χ2n) is 3.10. The van der Waals surface area contributed by atoms with Crippen LogP contribution in [0.2, 0.25) is 0 Å². The molecule has 0 radical (unpaired) electrons. The van der Waals surface area contributed by atoms with Crippen molar-refractivity contribution in [3.63, 3.8) is 0 Å². The zero-order valence-electron chi connectivity index (χ0n) is 8.22. The van der Waals surface area contributed by atoms with Crippen molar-refractivity contribution in [3.8, 4) is 0 Å². The lowest BCUT2D eigenvalue weighted by Crippen LogP contribution is -2.14. The molecule has 0 amide bonds. The number of hydrogen-bond acceptors (Lipinski definition) is 5. The highest BCUT2D eigenvalue weighted by atomic mass is 32.2. The van der Waals surface area contributed by atoms with E-state index in [4.69, 9.17) is 5.11 Å². The normalized spacial score (nSPS) is 12.8. The van der Waals surface area contributed by atoms with Crippen molar-refractivity contribution in [2.24, 2.45) is 0 Å². The summed E-state index contributed by atoms with van der Waals surface area (Å²) in [7, 11) is 0. The molecule has 0 bridgehead atoms. The molecule has 84 valence electrons. The molecule has 0 aliphatic carbocycles. The molecule has 8 heteroatoms. The van der Waals surface area contributed by atoms with Crippen LogP contribution in [0.3, 0.4) is 0 Å². The molecule has 0 aliphatic heterocycles. The Bertz CT molecular complexity index is 590. The van der Waals surface area contributed by atoms with E-state index in [0.29, 0.717) is 11.0 Å². The summed E-state index contributed by atoms with van der Waals surface area (Å²) < 4.78 is 0. The number of nitrogens with one attached hydrogen (secondary N) is 2. The van der Waals surface area contributed by atoms with E-state index in [9.17, 15) is 9.59 Å². The average Bonchev–Trinajstić information content (AvgIpc) is 2.65. The van der Waals surface area contributed by atoms with Crippen molar-refractivity contribution < 1.29 is 9.90 Å². The fraction of sp³-hybridized carbons (Fsp3) is 0.250. The van der Waals surface area contributed by atoms with Crippen LogP contribution in [0.25, 0.3) is 11.0 Å². The minimum atomic E-state index is -0.961. The van der Waals surface area contributed by atoms with Crippen molar-refractivity contribution in [2.45, 2.75) is 17.3 Å². The van der Waals surface area contributed by atoms with Gasteiger partial charge in [0, 0.05) is 0 Å². The van der Waals surface area contributed by atoms with Crippen LogP contribution in [-0.2, 0) is 4.79 Å². The van der Waals surface area contributed by atoms with E-state index in [1.165, 1.54) is 13.1 Å². The first-order valence-electron chi connectivity index (χ1n) is 4.41. The smallest absolute Gasteiger partial charge is 0.316 e. The Morgan fingerprint density at radius 2 is 2.38 bits per heavy atom. The van der Waals surface area contributed by atoms with Crippen molar-refractivity contribution in [1.82, 2.24) is 20.2 Å². The molecule has 0 spiro atoms. The zero-order chi connectivity index (χ0) is 11.7. The van der Waals surface area contributed by atoms with Gasteiger partial charge in [0.2, 0.25) is 0 Å². The van der Waals surface area contributed by atoms with Crippen LogP contribution >= 0.6 is 11.8 Å². The van der Waals surface area contributed by atoms with E-state index in [-0.39, 0.29) is 10.7 Å². The van der Waals surface area contributed by atoms with Crippen LogP contribution in [0.5, 0.6) is 0 Å². The number of nitrogens with zero attached hydrogens (tertiary/aromatic N) is 2. The lowest BCUT2D eigenvalue weighted by atomic mass is 10.4. The number of rotatable bonds is 3. The fourth-order valence-electron chi connectivity index (χ4n) is 1.10. The second kappa shape index (κ2) is 3.97. The Labute approximate surface area is 93.3 Å². The predicted molar refractivity (Wildman–Crippen MR) is 57.5 cm³/mol. The van der Waals surface area contributed by atoms with Gasteiger partial charge in [0.15, 0.2) is 10.8 Å². The monoisotopic (exact) mass is 240 g/mol. The summed E-state index contributed by atoms with van der Waals surface area (Å²) in [5.41, 5.74) is 0.0164. The van der Waals surface area contributed by atoms with Crippen LogP contribution in [0.15, 0.2) is 16.1 Å². The van der Waals surface area contributed by atoms with E-state index in [1.54, 1.807) is 0 Å². The highest BCUT2D eigenvalue weighted by Crippen LogP contribution is 2.19. The summed E-state index contributed by atoms with van der Waals surface area (Å²) >= 11 is 0.970. The summed E-state index contributed by atoms with van der Waals surface area (Å²) in [6.07, 6.45) is 1.37. The van der Waals surface area contributed by atoms with Crippen LogP contribution in [-0.4, -0.2) is 36.5 Å². The number of aliphatic carboxylic acids is 1. The summed E-state index contributed by atoms with van der Waals surface area (Å²) in [5, 5.41) is 14.9. The Morgan fingerprint density at radius 3 is 3.06 bits per heavy atom. The maximum atomic E-state index is 11.5. The van der Waals surface area contributed by atoms with Crippen molar-refractivity contribution >= 4 is 28.8 Å². The molecule has 0 saturated carbocycles. The number of carboxylic acids is 1. The number of H-pyrrole nitrogens is 2. The number of aromatic amines is 2. The highest BCUT2D eigenvalue weighted by molar-refractivity contribution is 8.00. The number of carbonyl (C=O) groups is 1. The molecule has 1 unspecified atom stereocenters. The maximum absolute atomic E-state index is 11.5. The Morgan fingerprint density at radius 1 is 1.62 bits per heavy atom. The minimum Gasteiger partial charge on any atom is -0.480 e. The van der Waals surface area contributed by atoms with E-state index < -0.39 is 11.2 Å².